The number of hydrogen-bond donors (Lipinski definition) is 1. The highest BCUT2D eigenvalue weighted by molar-refractivity contribution is 6.46. The number of carbonyl (C=O) groups is 2. The van der Waals surface area contributed by atoms with Crippen LogP contribution in [0.5, 0.6) is 0 Å². The van der Waals surface area contributed by atoms with Gasteiger partial charge in [0.2, 0.25) is 0 Å². The fourth-order valence-electron chi connectivity index (χ4n) is 4.33. The van der Waals surface area contributed by atoms with Gasteiger partial charge >= 0.3 is 0 Å². The van der Waals surface area contributed by atoms with Crippen molar-refractivity contribution in [1.82, 2.24) is 24.6 Å². The number of rotatable bonds is 5. The van der Waals surface area contributed by atoms with Gasteiger partial charge in [0.05, 0.1) is 36.1 Å². The van der Waals surface area contributed by atoms with E-state index in [1.165, 1.54) is 0 Å². The van der Waals surface area contributed by atoms with Crippen LogP contribution in [0.15, 0.2) is 30.1 Å². The smallest absolute Gasteiger partial charge is 0.295 e. The van der Waals surface area contributed by atoms with Crippen molar-refractivity contribution in [1.29, 1.82) is 0 Å². The maximum Gasteiger partial charge on any atom is 0.295 e. The molecule has 0 unspecified atom stereocenters. The van der Waals surface area contributed by atoms with Gasteiger partial charge in [0, 0.05) is 51.3 Å². The van der Waals surface area contributed by atoms with Gasteiger partial charge in [0.15, 0.2) is 0 Å². The Morgan fingerprint density at radius 2 is 1.84 bits per heavy atom. The zero-order valence-corrected chi connectivity index (χ0v) is 18.0. The van der Waals surface area contributed by atoms with E-state index in [1.807, 2.05) is 6.92 Å². The molecule has 1 amide bonds. The summed E-state index contributed by atoms with van der Waals surface area (Å²) in [5.41, 5.74) is 2.65. The van der Waals surface area contributed by atoms with Gasteiger partial charge in [0.25, 0.3) is 11.7 Å². The summed E-state index contributed by atoms with van der Waals surface area (Å²) in [6.07, 6.45) is 3.25. The topological polar surface area (TPSA) is 101 Å². The molecule has 0 aromatic carbocycles. The van der Waals surface area contributed by atoms with Gasteiger partial charge in [-0.2, -0.15) is 5.10 Å². The number of pyridine rings is 1. The molecule has 1 atom stereocenters. The Morgan fingerprint density at radius 1 is 1.16 bits per heavy atom. The molecule has 2 aromatic heterocycles. The summed E-state index contributed by atoms with van der Waals surface area (Å²) >= 11 is 0. The zero-order chi connectivity index (χ0) is 22.1. The first-order valence-corrected chi connectivity index (χ1v) is 10.4. The van der Waals surface area contributed by atoms with Crippen LogP contribution in [-0.4, -0.2) is 80.8 Å². The summed E-state index contributed by atoms with van der Waals surface area (Å²) < 4.78 is 7.04. The van der Waals surface area contributed by atoms with Crippen LogP contribution in [0.1, 0.15) is 28.6 Å². The third-order valence-electron chi connectivity index (χ3n) is 6.07. The van der Waals surface area contributed by atoms with E-state index in [0.29, 0.717) is 37.6 Å². The number of aliphatic hydroxyl groups is 1. The first-order chi connectivity index (χ1) is 14.9. The van der Waals surface area contributed by atoms with E-state index in [-0.39, 0.29) is 11.3 Å². The van der Waals surface area contributed by atoms with Gasteiger partial charge in [-0.25, -0.2) is 0 Å². The number of hydrogen-bond acceptors (Lipinski definition) is 7. The van der Waals surface area contributed by atoms with E-state index in [0.717, 1.165) is 24.3 Å². The molecule has 0 radical (unpaired) electrons. The molecular weight excluding hydrogens is 398 g/mol. The lowest BCUT2D eigenvalue weighted by Crippen LogP contribution is -2.42. The Kier molecular flexibility index (Phi) is 5.88. The van der Waals surface area contributed by atoms with E-state index in [4.69, 9.17) is 4.74 Å². The molecule has 164 valence electrons. The highest BCUT2D eigenvalue weighted by Gasteiger charge is 2.46. The molecule has 0 aliphatic carbocycles. The van der Waals surface area contributed by atoms with Crippen molar-refractivity contribution in [2.24, 2.45) is 7.05 Å². The average Bonchev–Trinajstić information content (AvgIpc) is 3.18. The number of morpholine rings is 1. The van der Waals surface area contributed by atoms with Crippen LogP contribution in [-0.2, 0) is 21.4 Å². The molecule has 2 aliphatic rings. The van der Waals surface area contributed by atoms with Crippen LogP contribution >= 0.6 is 0 Å². The normalized spacial score (nSPS) is 21.8. The van der Waals surface area contributed by atoms with E-state index in [9.17, 15) is 14.7 Å². The predicted molar refractivity (Wildman–Crippen MR) is 113 cm³/mol. The highest BCUT2D eigenvalue weighted by Crippen LogP contribution is 2.40. The molecule has 2 fully saturated rings. The van der Waals surface area contributed by atoms with Crippen LogP contribution in [0.2, 0.25) is 0 Å². The van der Waals surface area contributed by atoms with Gasteiger partial charge in [-0.15, -0.1) is 0 Å². The second-order valence-electron chi connectivity index (χ2n) is 7.90. The van der Waals surface area contributed by atoms with Crippen molar-refractivity contribution in [3.63, 3.8) is 0 Å². The van der Waals surface area contributed by atoms with E-state index >= 15 is 0 Å². The van der Waals surface area contributed by atoms with Crippen molar-refractivity contribution >= 4 is 17.4 Å². The number of amides is 1. The number of carbonyl (C=O) groups excluding carboxylic acids is 2. The first kappa shape index (κ1) is 21.2. The maximum atomic E-state index is 13.1. The molecule has 9 heteroatoms. The summed E-state index contributed by atoms with van der Waals surface area (Å²) in [7, 11) is 1.78. The van der Waals surface area contributed by atoms with Gasteiger partial charge in [-0.3, -0.25) is 24.2 Å². The third kappa shape index (κ3) is 3.86. The summed E-state index contributed by atoms with van der Waals surface area (Å²) in [6.45, 7) is 7.50. The standard InChI is InChI=1S/C22H27N5O4/c1-14-17(15(2)25(3)24-14)20(28)18-19(16-4-6-23-7-5-16)27(22(30)21(18)29)9-8-26-10-12-31-13-11-26/h4-7,19,28H,8-13H2,1-3H3/b20-18+/t19-/m1/s1. The minimum absolute atomic E-state index is 0.0948. The van der Waals surface area contributed by atoms with Crippen LogP contribution in [0.3, 0.4) is 0 Å². The fourth-order valence-corrected chi connectivity index (χ4v) is 4.33. The van der Waals surface area contributed by atoms with Gasteiger partial charge in [-0.1, -0.05) is 0 Å². The van der Waals surface area contributed by atoms with Crippen molar-refractivity contribution in [2.75, 3.05) is 39.4 Å². The Labute approximate surface area is 180 Å². The second kappa shape index (κ2) is 8.60. The Morgan fingerprint density at radius 3 is 2.45 bits per heavy atom. The number of ketones is 1. The third-order valence-corrected chi connectivity index (χ3v) is 6.07. The Bertz CT molecular complexity index is 1020. The largest absolute Gasteiger partial charge is 0.507 e. The molecular formula is C22H27N5O4. The second-order valence-corrected chi connectivity index (χ2v) is 7.90. The molecule has 2 aliphatic heterocycles. The molecule has 0 bridgehead atoms. The van der Waals surface area contributed by atoms with Crippen molar-refractivity contribution in [3.05, 3.63) is 52.6 Å². The van der Waals surface area contributed by atoms with Crippen LogP contribution < -0.4 is 0 Å². The van der Waals surface area contributed by atoms with Crippen LogP contribution in [0.25, 0.3) is 5.76 Å². The number of aliphatic hydroxyl groups excluding tert-OH is 1. The van der Waals surface area contributed by atoms with Gasteiger partial charge in [-0.05, 0) is 31.5 Å². The molecule has 31 heavy (non-hydrogen) atoms. The summed E-state index contributed by atoms with van der Waals surface area (Å²) in [4.78, 5) is 34.0. The lowest BCUT2D eigenvalue weighted by molar-refractivity contribution is -0.140. The van der Waals surface area contributed by atoms with E-state index in [1.54, 1.807) is 48.1 Å². The van der Waals surface area contributed by atoms with Crippen molar-refractivity contribution in [3.8, 4) is 0 Å². The highest BCUT2D eigenvalue weighted by atomic mass is 16.5. The van der Waals surface area contributed by atoms with E-state index in [2.05, 4.69) is 15.0 Å². The predicted octanol–water partition coefficient (Wildman–Crippen LogP) is 1.19. The molecule has 2 saturated heterocycles. The van der Waals surface area contributed by atoms with Crippen LogP contribution in [0.4, 0.5) is 0 Å². The lowest BCUT2D eigenvalue weighted by atomic mass is 9.95. The Hall–Kier alpha value is -3.04. The quantitative estimate of drug-likeness (QED) is 0.436. The molecule has 1 N–H and O–H groups in total. The molecule has 9 nitrogen and oxygen atoms in total. The van der Waals surface area contributed by atoms with Gasteiger partial charge < -0.3 is 14.7 Å². The molecule has 4 rings (SSSR count). The average molecular weight is 425 g/mol. The molecule has 0 saturated carbocycles. The van der Waals surface area contributed by atoms with Crippen molar-refractivity contribution < 1.29 is 19.4 Å². The number of ether oxygens (including phenoxy) is 1. The summed E-state index contributed by atoms with van der Waals surface area (Å²) in [6, 6.07) is 2.87. The number of aryl methyl sites for hydroxylation is 2. The number of aromatic nitrogens is 3. The molecule has 2 aromatic rings. The number of likely N-dealkylation sites (tertiary alicyclic amines) is 1. The molecule has 4 heterocycles. The fraction of sp³-hybridized carbons (Fsp3) is 0.455. The zero-order valence-electron chi connectivity index (χ0n) is 18.0. The number of nitrogens with zero attached hydrogens (tertiary/aromatic N) is 5. The minimum atomic E-state index is -0.678. The van der Waals surface area contributed by atoms with Crippen LogP contribution in [0, 0.1) is 13.8 Å². The first-order valence-electron chi connectivity index (χ1n) is 10.4. The van der Waals surface area contributed by atoms with E-state index < -0.39 is 17.7 Å². The SMILES string of the molecule is Cc1nn(C)c(C)c1/C(O)=C1\C(=O)C(=O)N(CCN2CCOCC2)[C@@H]1c1ccncc1. The molecule has 0 spiro atoms. The number of Topliss-reactive ketones (excluding diaryl/α,β-unsaturated/α-hetero) is 1. The summed E-state index contributed by atoms with van der Waals surface area (Å²) in [5.74, 6) is -1.46. The monoisotopic (exact) mass is 425 g/mol. The lowest BCUT2D eigenvalue weighted by Gasteiger charge is -2.31. The maximum absolute atomic E-state index is 13.1. The van der Waals surface area contributed by atoms with Gasteiger partial charge in [0.1, 0.15) is 5.76 Å². The summed E-state index contributed by atoms with van der Waals surface area (Å²) in [5, 5.41) is 15.6. The Balaban J connectivity index is 1.76. The minimum Gasteiger partial charge on any atom is -0.507 e. The van der Waals surface area contributed by atoms with Crippen molar-refractivity contribution in [2.45, 2.75) is 19.9 Å².